The van der Waals surface area contributed by atoms with E-state index < -0.39 is 23.1 Å². The highest BCUT2D eigenvalue weighted by Gasteiger charge is 2.27. The fourth-order valence-corrected chi connectivity index (χ4v) is 3.39. The van der Waals surface area contributed by atoms with Crippen molar-refractivity contribution in [3.63, 3.8) is 0 Å². The van der Waals surface area contributed by atoms with Crippen LogP contribution in [0.1, 0.15) is 20.8 Å². The first-order valence-electron chi connectivity index (χ1n) is 10.4. The van der Waals surface area contributed by atoms with Crippen molar-refractivity contribution in [2.75, 3.05) is 18.1 Å². The number of H-pyrrole nitrogens is 1. The first kappa shape index (κ1) is 23.3. The molecule has 0 aliphatic heterocycles. The van der Waals surface area contributed by atoms with Crippen LogP contribution in [-0.2, 0) is 0 Å². The van der Waals surface area contributed by atoms with Gasteiger partial charge in [0.25, 0.3) is 0 Å². The van der Waals surface area contributed by atoms with Gasteiger partial charge in [-0.15, -0.1) is 0 Å². The Morgan fingerprint density at radius 3 is 2.50 bits per heavy atom. The lowest BCUT2D eigenvalue weighted by Crippen LogP contribution is -2.36. The van der Waals surface area contributed by atoms with Crippen molar-refractivity contribution in [3.8, 4) is 17.2 Å². The highest BCUT2D eigenvalue weighted by Crippen LogP contribution is 2.41. The second-order valence-electron chi connectivity index (χ2n) is 8.09. The van der Waals surface area contributed by atoms with Gasteiger partial charge in [-0.3, -0.25) is 5.10 Å². The molecule has 0 saturated carbocycles. The minimum absolute atomic E-state index is 0.0105. The van der Waals surface area contributed by atoms with E-state index in [0.717, 1.165) is 18.2 Å². The third kappa shape index (κ3) is 4.88. The quantitative estimate of drug-likeness (QED) is 0.377. The van der Waals surface area contributed by atoms with Gasteiger partial charge in [0.15, 0.2) is 28.8 Å². The summed E-state index contributed by atoms with van der Waals surface area (Å²) in [6, 6.07) is 5.12. The van der Waals surface area contributed by atoms with Crippen molar-refractivity contribution in [1.29, 1.82) is 0 Å². The number of aromatic amines is 1. The van der Waals surface area contributed by atoms with E-state index in [1.54, 1.807) is 25.7 Å². The normalized spacial score (nSPS) is 11.6. The largest absolute Gasteiger partial charge is 0.492 e. The molecule has 34 heavy (non-hydrogen) atoms. The Kier molecular flexibility index (Phi) is 6.29. The van der Waals surface area contributed by atoms with Crippen LogP contribution in [0.3, 0.4) is 0 Å². The van der Waals surface area contributed by atoms with E-state index in [2.05, 4.69) is 20.2 Å². The van der Waals surface area contributed by atoms with Crippen molar-refractivity contribution in [2.24, 2.45) is 0 Å². The molecule has 178 valence electrons. The average Bonchev–Trinajstić information content (AvgIpc) is 3.25. The number of hydrogen-bond donors (Lipinski definition) is 2. The number of halogens is 3. The lowest BCUT2D eigenvalue weighted by atomic mass is 10.1. The molecule has 0 amide bonds. The first-order valence-corrected chi connectivity index (χ1v) is 10.4. The monoisotopic (exact) mass is 473 g/mol. The summed E-state index contributed by atoms with van der Waals surface area (Å²) in [4.78, 5) is 10.0. The lowest BCUT2D eigenvalue weighted by molar-refractivity contribution is 0.0896. The van der Waals surface area contributed by atoms with E-state index in [9.17, 15) is 13.9 Å². The summed E-state index contributed by atoms with van der Waals surface area (Å²) in [6.45, 7) is 5.17. The number of nitrogens with one attached hydrogen (secondary N) is 1. The summed E-state index contributed by atoms with van der Waals surface area (Å²) in [6.07, 6.45) is 2.84. The van der Waals surface area contributed by atoms with Crippen LogP contribution in [0.4, 0.5) is 24.7 Å². The third-order valence-corrected chi connectivity index (χ3v) is 4.75. The van der Waals surface area contributed by atoms with Crippen molar-refractivity contribution in [3.05, 3.63) is 60.3 Å². The highest BCUT2D eigenvalue weighted by atomic mass is 19.1. The van der Waals surface area contributed by atoms with Crippen LogP contribution in [0.15, 0.2) is 42.9 Å². The molecular weight excluding hydrogens is 451 g/mol. The predicted octanol–water partition coefficient (Wildman–Crippen LogP) is 4.87. The summed E-state index contributed by atoms with van der Waals surface area (Å²) in [5.41, 5.74) is -0.515. The van der Waals surface area contributed by atoms with Gasteiger partial charge in [0.2, 0.25) is 0 Å². The van der Waals surface area contributed by atoms with Crippen LogP contribution in [0, 0.1) is 17.5 Å². The van der Waals surface area contributed by atoms with Gasteiger partial charge in [0.05, 0.1) is 36.0 Å². The highest BCUT2D eigenvalue weighted by molar-refractivity contribution is 5.89. The van der Waals surface area contributed by atoms with Crippen molar-refractivity contribution < 1.29 is 27.8 Å². The number of hydrogen-bond acceptors (Lipinski definition) is 7. The van der Waals surface area contributed by atoms with Gasteiger partial charge in [-0.2, -0.15) is 5.10 Å². The smallest absolute Gasteiger partial charge is 0.168 e. The molecule has 0 bridgehead atoms. The summed E-state index contributed by atoms with van der Waals surface area (Å²) in [7, 11) is 0. The molecule has 4 rings (SSSR count). The van der Waals surface area contributed by atoms with E-state index in [0.29, 0.717) is 22.9 Å². The Balaban J connectivity index is 1.84. The Morgan fingerprint density at radius 1 is 1.03 bits per heavy atom. The summed E-state index contributed by atoms with van der Waals surface area (Å²) in [5.74, 6) is -2.71. The van der Waals surface area contributed by atoms with Crippen LogP contribution in [0.25, 0.3) is 11.0 Å². The minimum Gasteiger partial charge on any atom is -0.492 e. The molecule has 0 spiro atoms. The molecule has 0 unspecified atom stereocenters. The second kappa shape index (κ2) is 9.18. The molecule has 0 fully saturated rings. The fraction of sp³-hybridized carbons (Fsp3) is 0.261. The molecule has 11 heteroatoms. The Bertz CT molecular complexity index is 1320. The molecule has 8 nitrogen and oxygen atoms in total. The van der Waals surface area contributed by atoms with Crippen LogP contribution in [0.5, 0.6) is 17.2 Å². The van der Waals surface area contributed by atoms with Crippen LogP contribution < -0.4 is 14.4 Å². The Morgan fingerprint density at radius 2 is 1.79 bits per heavy atom. The number of rotatable bonds is 8. The van der Waals surface area contributed by atoms with Gasteiger partial charge >= 0.3 is 0 Å². The molecule has 2 heterocycles. The zero-order valence-corrected chi connectivity index (χ0v) is 18.6. The third-order valence-electron chi connectivity index (χ3n) is 4.75. The SMILES string of the molecule is CCOc1cc(Oc2ccc(F)cc2F)c(F)cc1N(CC(C)(C)O)c1ncnc2[nH]ncc12. The van der Waals surface area contributed by atoms with E-state index in [4.69, 9.17) is 9.47 Å². The van der Waals surface area contributed by atoms with E-state index in [1.807, 2.05) is 0 Å². The van der Waals surface area contributed by atoms with Crippen molar-refractivity contribution >= 4 is 22.5 Å². The molecule has 2 aromatic carbocycles. The molecule has 0 saturated heterocycles. The number of nitrogens with zero attached hydrogens (tertiary/aromatic N) is 4. The molecule has 4 aromatic rings. The average molecular weight is 473 g/mol. The number of ether oxygens (including phenoxy) is 2. The van der Waals surface area contributed by atoms with Crippen LogP contribution in [0.2, 0.25) is 0 Å². The van der Waals surface area contributed by atoms with Crippen LogP contribution >= 0.6 is 0 Å². The lowest BCUT2D eigenvalue weighted by Gasteiger charge is -2.31. The summed E-state index contributed by atoms with van der Waals surface area (Å²) < 4.78 is 53.6. The second-order valence-corrected chi connectivity index (χ2v) is 8.09. The molecule has 0 atom stereocenters. The van der Waals surface area contributed by atoms with Crippen molar-refractivity contribution in [2.45, 2.75) is 26.4 Å². The standard InChI is InChI=1S/C23H22F3N5O3/c1-4-33-20-9-19(34-18-6-5-13(24)7-15(18)25)16(26)8-17(20)31(11-23(2,3)32)22-14-10-29-30-21(14)27-12-28-22/h5-10,12,32H,4,11H2,1-3H3,(H,27,28,29,30). The van der Waals surface area contributed by atoms with Gasteiger partial charge in [0.1, 0.15) is 23.7 Å². The number of aromatic nitrogens is 4. The maximum atomic E-state index is 15.2. The Hall–Kier alpha value is -3.86. The molecular formula is C23H22F3N5O3. The zero-order valence-electron chi connectivity index (χ0n) is 18.6. The van der Waals surface area contributed by atoms with E-state index in [-0.39, 0.29) is 36.1 Å². The number of anilines is 2. The van der Waals surface area contributed by atoms with E-state index in [1.165, 1.54) is 18.6 Å². The maximum Gasteiger partial charge on any atom is 0.168 e. The number of benzene rings is 2. The van der Waals surface area contributed by atoms with Gasteiger partial charge in [-0.25, -0.2) is 23.1 Å². The predicted molar refractivity (Wildman–Crippen MR) is 119 cm³/mol. The number of aliphatic hydroxyl groups is 1. The van der Waals surface area contributed by atoms with E-state index >= 15 is 4.39 Å². The topological polar surface area (TPSA) is 96.4 Å². The zero-order chi connectivity index (χ0) is 24.5. The Labute approximate surface area is 193 Å². The molecule has 2 aromatic heterocycles. The van der Waals surface area contributed by atoms with Gasteiger partial charge in [-0.1, -0.05) is 0 Å². The van der Waals surface area contributed by atoms with Gasteiger partial charge in [-0.05, 0) is 32.9 Å². The molecule has 0 aliphatic carbocycles. The summed E-state index contributed by atoms with van der Waals surface area (Å²) >= 11 is 0. The van der Waals surface area contributed by atoms with Gasteiger partial charge in [0, 0.05) is 18.2 Å². The molecule has 0 aliphatic rings. The molecule has 0 radical (unpaired) electrons. The first-order chi connectivity index (χ1) is 16.2. The van der Waals surface area contributed by atoms with Crippen LogP contribution in [-0.4, -0.2) is 44.0 Å². The number of fused-ring (bicyclic) bond motifs is 1. The molecule has 2 N–H and O–H groups in total. The van der Waals surface area contributed by atoms with Crippen molar-refractivity contribution in [1.82, 2.24) is 20.2 Å². The minimum atomic E-state index is -1.21. The van der Waals surface area contributed by atoms with Gasteiger partial charge < -0.3 is 19.5 Å². The summed E-state index contributed by atoms with van der Waals surface area (Å²) in [5, 5.41) is 17.9. The fourth-order valence-electron chi connectivity index (χ4n) is 3.39. The maximum absolute atomic E-state index is 15.2.